The summed E-state index contributed by atoms with van der Waals surface area (Å²) in [5, 5.41) is 2.40. The van der Waals surface area contributed by atoms with E-state index in [1.165, 1.54) is 13.2 Å². The van der Waals surface area contributed by atoms with Gasteiger partial charge in [-0.1, -0.05) is 30.3 Å². The molecule has 0 unspecified atom stereocenters. The molecule has 0 bridgehead atoms. The van der Waals surface area contributed by atoms with Crippen molar-refractivity contribution in [3.8, 4) is 0 Å². The van der Waals surface area contributed by atoms with Crippen molar-refractivity contribution in [3.63, 3.8) is 0 Å². The number of methoxy groups -OCH3 is 1. The molecule has 1 N–H and O–H groups in total. The smallest absolute Gasteiger partial charge is 0.412 e. The molecule has 5 nitrogen and oxygen atoms in total. The van der Waals surface area contributed by atoms with Gasteiger partial charge in [0.1, 0.15) is 11.3 Å². The highest BCUT2D eigenvalue weighted by Gasteiger charge is 2.19. The zero-order valence-corrected chi connectivity index (χ0v) is 12.1. The van der Waals surface area contributed by atoms with Gasteiger partial charge in [0, 0.05) is 0 Å². The molecule has 1 aromatic rings. The molecule has 0 radical (unpaired) electrons. The summed E-state index contributed by atoms with van der Waals surface area (Å²) < 4.78 is 9.74. The van der Waals surface area contributed by atoms with Crippen molar-refractivity contribution in [1.82, 2.24) is 5.32 Å². The molecule has 20 heavy (non-hydrogen) atoms. The van der Waals surface area contributed by atoms with E-state index < -0.39 is 17.7 Å². The lowest BCUT2D eigenvalue weighted by Crippen LogP contribution is -2.34. The molecule has 5 heteroatoms. The lowest BCUT2D eigenvalue weighted by molar-refractivity contribution is -0.136. The highest BCUT2D eigenvalue weighted by molar-refractivity contribution is 5.96. The van der Waals surface area contributed by atoms with Crippen LogP contribution in [0.2, 0.25) is 0 Å². The Labute approximate surface area is 118 Å². The molecule has 0 saturated heterocycles. The van der Waals surface area contributed by atoms with E-state index >= 15 is 0 Å². The standard InChI is InChI=1S/C15H19NO4/c1-15(2,3)20-14(18)16-12(13(17)19-4)10-11-8-6-5-7-9-11/h5-10H,1-4H3,(H,16,18)/b12-10+. The monoisotopic (exact) mass is 277 g/mol. The third-order valence-electron chi connectivity index (χ3n) is 2.15. The summed E-state index contributed by atoms with van der Waals surface area (Å²) in [7, 11) is 1.25. The van der Waals surface area contributed by atoms with E-state index in [9.17, 15) is 9.59 Å². The minimum absolute atomic E-state index is 0.0213. The molecule has 1 rings (SSSR count). The second kappa shape index (κ2) is 6.75. The Morgan fingerprint density at radius 1 is 1.15 bits per heavy atom. The van der Waals surface area contributed by atoms with E-state index in [0.29, 0.717) is 0 Å². The van der Waals surface area contributed by atoms with Crippen LogP contribution in [0.4, 0.5) is 4.79 Å². The van der Waals surface area contributed by atoms with Gasteiger partial charge in [0.05, 0.1) is 7.11 Å². The minimum Gasteiger partial charge on any atom is -0.464 e. The Kier molecular flexibility index (Phi) is 5.32. The van der Waals surface area contributed by atoms with Crippen LogP contribution >= 0.6 is 0 Å². The third kappa shape index (κ3) is 5.56. The first kappa shape index (κ1) is 15.8. The first-order chi connectivity index (χ1) is 9.31. The maximum atomic E-state index is 11.7. The van der Waals surface area contributed by atoms with Gasteiger partial charge >= 0.3 is 12.1 Å². The number of esters is 1. The van der Waals surface area contributed by atoms with Gasteiger partial charge in [0.2, 0.25) is 0 Å². The van der Waals surface area contributed by atoms with Crippen molar-refractivity contribution in [2.45, 2.75) is 26.4 Å². The molecule has 108 valence electrons. The van der Waals surface area contributed by atoms with Gasteiger partial charge in [-0.05, 0) is 32.4 Å². The number of carbonyl (C=O) groups is 2. The summed E-state index contributed by atoms with van der Waals surface area (Å²) >= 11 is 0. The molecule has 0 fully saturated rings. The topological polar surface area (TPSA) is 64.6 Å². The molecule has 0 saturated carbocycles. The van der Waals surface area contributed by atoms with Gasteiger partial charge in [-0.2, -0.15) is 0 Å². The number of carbonyl (C=O) groups excluding carboxylic acids is 2. The Morgan fingerprint density at radius 2 is 1.75 bits per heavy atom. The van der Waals surface area contributed by atoms with E-state index in [0.717, 1.165) is 5.56 Å². The fourth-order valence-corrected chi connectivity index (χ4v) is 1.39. The van der Waals surface area contributed by atoms with Crippen molar-refractivity contribution in [1.29, 1.82) is 0 Å². The minimum atomic E-state index is -0.704. The highest BCUT2D eigenvalue weighted by atomic mass is 16.6. The average Bonchev–Trinajstić information content (AvgIpc) is 2.36. The fraction of sp³-hybridized carbons (Fsp3) is 0.333. The predicted molar refractivity (Wildman–Crippen MR) is 75.8 cm³/mol. The zero-order valence-electron chi connectivity index (χ0n) is 12.1. The zero-order chi connectivity index (χ0) is 15.2. The lowest BCUT2D eigenvalue weighted by atomic mass is 10.2. The van der Waals surface area contributed by atoms with Crippen LogP contribution in [-0.4, -0.2) is 24.8 Å². The second-order valence-electron chi connectivity index (χ2n) is 5.09. The van der Waals surface area contributed by atoms with E-state index in [4.69, 9.17) is 4.74 Å². The number of benzene rings is 1. The molecule has 1 aromatic carbocycles. The summed E-state index contributed by atoms with van der Waals surface area (Å²) in [6, 6.07) is 9.12. The van der Waals surface area contributed by atoms with Crippen molar-refractivity contribution in [2.24, 2.45) is 0 Å². The Morgan fingerprint density at radius 3 is 2.25 bits per heavy atom. The number of hydrogen-bond acceptors (Lipinski definition) is 4. The maximum absolute atomic E-state index is 11.7. The van der Waals surface area contributed by atoms with Gasteiger partial charge in [-0.25, -0.2) is 9.59 Å². The molecule has 1 amide bonds. The molecular weight excluding hydrogens is 258 g/mol. The predicted octanol–water partition coefficient (Wildman–Crippen LogP) is 2.73. The number of hydrogen-bond donors (Lipinski definition) is 1. The second-order valence-corrected chi connectivity index (χ2v) is 5.09. The molecule has 0 spiro atoms. The maximum Gasteiger partial charge on any atom is 0.412 e. The Hall–Kier alpha value is -2.30. The van der Waals surface area contributed by atoms with Crippen LogP contribution in [-0.2, 0) is 14.3 Å². The van der Waals surface area contributed by atoms with E-state index in [1.807, 2.05) is 18.2 Å². The summed E-state index contributed by atoms with van der Waals surface area (Å²) in [6.45, 7) is 5.22. The largest absolute Gasteiger partial charge is 0.464 e. The molecule has 0 heterocycles. The Balaban J connectivity index is 2.89. The van der Waals surface area contributed by atoms with Crippen LogP contribution in [0.3, 0.4) is 0 Å². The van der Waals surface area contributed by atoms with Gasteiger partial charge in [0.15, 0.2) is 0 Å². The van der Waals surface area contributed by atoms with Crippen molar-refractivity contribution < 1.29 is 19.1 Å². The Bertz CT molecular complexity index is 500. The summed E-state index contributed by atoms with van der Waals surface area (Å²) in [5.74, 6) is -0.639. The first-order valence-electron chi connectivity index (χ1n) is 6.17. The van der Waals surface area contributed by atoms with Crippen LogP contribution in [0.5, 0.6) is 0 Å². The molecule has 0 aliphatic carbocycles. The van der Waals surface area contributed by atoms with Gasteiger partial charge in [-0.3, -0.25) is 5.32 Å². The van der Waals surface area contributed by atoms with Crippen LogP contribution in [0.15, 0.2) is 36.0 Å². The van der Waals surface area contributed by atoms with Gasteiger partial charge < -0.3 is 9.47 Å². The van der Waals surface area contributed by atoms with Crippen LogP contribution in [0.1, 0.15) is 26.3 Å². The quantitative estimate of drug-likeness (QED) is 0.681. The molecule has 0 aromatic heterocycles. The van der Waals surface area contributed by atoms with Crippen molar-refractivity contribution in [3.05, 3.63) is 41.6 Å². The summed E-state index contributed by atoms with van der Waals surface area (Å²) in [6.07, 6.45) is 0.820. The lowest BCUT2D eigenvalue weighted by Gasteiger charge is -2.20. The number of ether oxygens (including phenoxy) is 2. The van der Waals surface area contributed by atoms with Crippen molar-refractivity contribution >= 4 is 18.1 Å². The fourth-order valence-electron chi connectivity index (χ4n) is 1.39. The molecule has 0 aliphatic rings. The molecule has 0 aliphatic heterocycles. The summed E-state index contributed by atoms with van der Waals surface area (Å²) in [5.41, 5.74) is 0.148. The number of alkyl carbamates (subject to hydrolysis) is 1. The van der Waals surface area contributed by atoms with E-state index in [-0.39, 0.29) is 5.70 Å². The van der Waals surface area contributed by atoms with E-state index in [2.05, 4.69) is 10.1 Å². The normalized spacial score (nSPS) is 11.7. The van der Waals surface area contributed by atoms with Crippen LogP contribution in [0.25, 0.3) is 6.08 Å². The molecule has 0 atom stereocenters. The van der Waals surface area contributed by atoms with Crippen LogP contribution in [0, 0.1) is 0 Å². The average molecular weight is 277 g/mol. The summed E-state index contributed by atoms with van der Waals surface area (Å²) in [4.78, 5) is 23.4. The van der Waals surface area contributed by atoms with Gasteiger partial charge in [-0.15, -0.1) is 0 Å². The number of nitrogens with one attached hydrogen (secondary N) is 1. The van der Waals surface area contributed by atoms with Gasteiger partial charge in [0.25, 0.3) is 0 Å². The third-order valence-corrected chi connectivity index (χ3v) is 2.15. The highest BCUT2D eigenvalue weighted by Crippen LogP contribution is 2.09. The first-order valence-corrected chi connectivity index (χ1v) is 6.17. The molecular formula is C15H19NO4. The number of rotatable bonds is 3. The SMILES string of the molecule is COC(=O)/C(=C\c1ccccc1)NC(=O)OC(C)(C)C. The number of amides is 1. The van der Waals surface area contributed by atoms with Crippen molar-refractivity contribution in [2.75, 3.05) is 7.11 Å². The van der Waals surface area contributed by atoms with Crippen LogP contribution < -0.4 is 5.32 Å². The van der Waals surface area contributed by atoms with E-state index in [1.54, 1.807) is 32.9 Å².